The van der Waals surface area contributed by atoms with Crippen LogP contribution in [0.4, 0.5) is 32.2 Å². The van der Waals surface area contributed by atoms with Crippen LogP contribution in [0.3, 0.4) is 0 Å². The van der Waals surface area contributed by atoms with Crippen LogP contribution in [0.5, 0.6) is 0 Å². The van der Waals surface area contributed by atoms with Crippen LogP contribution >= 0.6 is 0 Å². The zero-order chi connectivity index (χ0) is 38.0. The average molecular weight is 736 g/mol. The molecule has 9 nitrogen and oxygen atoms in total. The van der Waals surface area contributed by atoms with Crippen molar-refractivity contribution < 1.29 is 36.2 Å². The highest BCUT2D eigenvalue weighted by Crippen LogP contribution is 2.63. The molecule has 3 N–H and O–H groups in total. The second-order valence-corrected chi connectivity index (χ2v) is 14.0. The molecule has 0 aliphatic heterocycles. The summed E-state index contributed by atoms with van der Waals surface area (Å²) >= 11 is 0. The maximum Gasteiger partial charge on any atom is 0.293 e. The molecule has 0 saturated heterocycles. The molecule has 0 radical (unpaired) electrons. The summed E-state index contributed by atoms with van der Waals surface area (Å²) in [4.78, 5) is 18.7. The van der Waals surface area contributed by atoms with Crippen molar-refractivity contribution >= 4 is 22.6 Å². The Kier molecular flexibility index (Phi) is 9.00. The van der Waals surface area contributed by atoms with Gasteiger partial charge in [-0.05, 0) is 80.8 Å². The van der Waals surface area contributed by atoms with Crippen LogP contribution in [-0.2, 0) is 30.7 Å². The van der Waals surface area contributed by atoms with Crippen molar-refractivity contribution in [1.29, 1.82) is 0 Å². The van der Waals surface area contributed by atoms with Crippen molar-refractivity contribution in [2.24, 2.45) is 13.0 Å². The summed E-state index contributed by atoms with van der Waals surface area (Å²) in [5.41, 5.74) is -0.766. The van der Waals surface area contributed by atoms with E-state index in [9.17, 15) is 27.5 Å². The lowest BCUT2D eigenvalue weighted by molar-refractivity contribution is -0.123. The fraction of sp³-hybridized carbons (Fsp3) is 0.368. The largest absolute Gasteiger partial charge is 0.378 e. The van der Waals surface area contributed by atoms with Gasteiger partial charge in [0.05, 0.1) is 17.3 Å². The zero-order valence-corrected chi connectivity index (χ0v) is 29.1. The molecular weight excluding hydrogens is 700 g/mol. The van der Waals surface area contributed by atoms with Crippen molar-refractivity contribution in [2.75, 3.05) is 12.4 Å². The third kappa shape index (κ3) is 6.60. The number of para-hydroxylation sites is 1. The second kappa shape index (κ2) is 13.2. The number of halogens is 6. The number of amides is 1. The van der Waals surface area contributed by atoms with Crippen molar-refractivity contribution in [3.8, 4) is 23.0 Å². The molecule has 15 heteroatoms. The predicted octanol–water partition coefficient (Wildman–Crippen LogP) is 6.91. The van der Waals surface area contributed by atoms with Crippen LogP contribution in [-0.4, -0.2) is 48.2 Å². The second-order valence-electron chi connectivity index (χ2n) is 14.0. The number of fused-ring (bicyclic) bond motifs is 4. The first-order valence-electron chi connectivity index (χ1n) is 17.0. The van der Waals surface area contributed by atoms with Gasteiger partial charge in [0.25, 0.3) is 12.3 Å². The number of aryl methyl sites for hydroxylation is 1. The molecule has 5 aromatic rings. The number of nitrogens with one attached hydrogen (secondary N) is 2. The zero-order valence-electron chi connectivity index (χ0n) is 29.1. The number of pyridine rings is 1. The van der Waals surface area contributed by atoms with Gasteiger partial charge in [0.15, 0.2) is 5.82 Å². The molecular formula is C38H35F6N7O2. The molecule has 276 valence electrons. The van der Waals surface area contributed by atoms with E-state index in [1.807, 2.05) is 12.1 Å². The number of aliphatic hydroxyl groups is 1. The Morgan fingerprint density at radius 3 is 2.43 bits per heavy atom. The van der Waals surface area contributed by atoms with Crippen LogP contribution < -0.4 is 10.6 Å². The van der Waals surface area contributed by atoms with E-state index < -0.39 is 71.3 Å². The van der Waals surface area contributed by atoms with Gasteiger partial charge in [-0.25, -0.2) is 22.5 Å². The lowest BCUT2D eigenvalue weighted by Crippen LogP contribution is -2.36. The summed E-state index contributed by atoms with van der Waals surface area (Å²) in [6.07, 6.45) is -2.88. The van der Waals surface area contributed by atoms with Gasteiger partial charge in [-0.3, -0.25) is 14.2 Å². The molecule has 53 heavy (non-hydrogen) atoms. The topological polar surface area (TPSA) is 110 Å². The number of nitrogens with zero attached hydrogens (tertiary/aromatic N) is 5. The molecule has 1 saturated carbocycles. The van der Waals surface area contributed by atoms with Crippen molar-refractivity contribution in [2.45, 2.75) is 69.6 Å². The van der Waals surface area contributed by atoms with Gasteiger partial charge in [0.2, 0.25) is 5.91 Å². The predicted molar refractivity (Wildman–Crippen MR) is 184 cm³/mol. The Bertz CT molecular complexity index is 2300. The minimum atomic E-state index is -3.46. The molecule has 3 aromatic heterocycles. The van der Waals surface area contributed by atoms with E-state index in [4.69, 9.17) is 4.98 Å². The van der Waals surface area contributed by atoms with E-state index in [1.54, 1.807) is 37.0 Å². The van der Waals surface area contributed by atoms with Gasteiger partial charge in [0, 0.05) is 48.2 Å². The van der Waals surface area contributed by atoms with E-state index in [0.29, 0.717) is 39.6 Å². The smallest absolute Gasteiger partial charge is 0.293 e. The van der Waals surface area contributed by atoms with Crippen molar-refractivity contribution in [3.05, 3.63) is 94.1 Å². The number of rotatable bonds is 9. The normalized spacial score (nSPS) is 17.9. The molecule has 0 unspecified atom stereocenters. The minimum absolute atomic E-state index is 0.132. The maximum absolute atomic E-state index is 15.6. The highest BCUT2D eigenvalue weighted by molar-refractivity contribution is 6.00. The van der Waals surface area contributed by atoms with Crippen LogP contribution in [0.1, 0.15) is 79.0 Å². The third-order valence-electron chi connectivity index (χ3n) is 9.78. The lowest BCUT2D eigenvalue weighted by atomic mass is 9.73. The number of hydrogen-bond acceptors (Lipinski definition) is 6. The first-order chi connectivity index (χ1) is 25.0. The van der Waals surface area contributed by atoms with Gasteiger partial charge in [-0.1, -0.05) is 18.1 Å². The number of aromatic nitrogens is 5. The summed E-state index contributed by atoms with van der Waals surface area (Å²) in [5, 5.41) is 25.2. The number of alkyl halides is 4. The van der Waals surface area contributed by atoms with E-state index in [1.165, 1.54) is 13.8 Å². The highest BCUT2D eigenvalue weighted by Gasteiger charge is 2.62. The molecule has 3 heterocycles. The summed E-state index contributed by atoms with van der Waals surface area (Å²) in [6.45, 7) is 2.13. The van der Waals surface area contributed by atoms with Crippen molar-refractivity contribution in [1.82, 2.24) is 29.9 Å². The molecule has 1 amide bonds. The summed E-state index contributed by atoms with van der Waals surface area (Å²) < 4.78 is 90.7. The van der Waals surface area contributed by atoms with Gasteiger partial charge in [-0.2, -0.15) is 19.0 Å². The van der Waals surface area contributed by atoms with Gasteiger partial charge in [-0.15, -0.1) is 0 Å². The molecule has 3 atom stereocenters. The highest BCUT2D eigenvalue weighted by atomic mass is 19.3. The summed E-state index contributed by atoms with van der Waals surface area (Å²) in [7, 11) is 3.47. The quantitative estimate of drug-likeness (QED) is 0.112. The standard InChI is InChI=1S/C38H35F6N7O2/c1-37(2,53)13-12-22-8-9-23(24-6-5-7-26-33(24)50(4)49-36(26)45-3)31(46-22)28(16-19-14-20(39)17-21(40)15-19)47-29(52)18-51-34-30(32(48-51)35(41)42)25-10-11-27(25)38(34,43)44/h5-9,14-15,17,25,27-28,35,53H,10-11,16,18H2,1-4H3,(H,45,49)(H,47,52)/t25-,27+,28-/m0/s1. The Morgan fingerprint density at radius 1 is 1.06 bits per heavy atom. The van der Waals surface area contributed by atoms with Crippen LogP contribution in [0.15, 0.2) is 48.5 Å². The molecule has 7 rings (SSSR count). The van der Waals surface area contributed by atoms with E-state index in [0.717, 1.165) is 17.5 Å². The number of anilines is 1. The van der Waals surface area contributed by atoms with E-state index >= 15 is 8.78 Å². The van der Waals surface area contributed by atoms with Gasteiger partial charge in [0.1, 0.15) is 40.9 Å². The van der Waals surface area contributed by atoms with Crippen LogP contribution in [0, 0.1) is 29.4 Å². The maximum atomic E-state index is 15.6. The molecule has 2 aliphatic carbocycles. The van der Waals surface area contributed by atoms with Crippen LogP contribution in [0.25, 0.3) is 22.0 Å². The average Bonchev–Trinajstić information content (AvgIpc) is 3.64. The summed E-state index contributed by atoms with van der Waals surface area (Å²) in [6, 6.07) is 10.5. The Labute approximate surface area is 300 Å². The molecule has 0 spiro atoms. The fourth-order valence-corrected chi connectivity index (χ4v) is 7.49. The molecule has 0 bridgehead atoms. The number of carbonyl (C=O) groups excluding carboxylic acids is 1. The van der Waals surface area contributed by atoms with Gasteiger partial charge < -0.3 is 15.7 Å². The van der Waals surface area contributed by atoms with Crippen LogP contribution in [0.2, 0.25) is 0 Å². The summed E-state index contributed by atoms with van der Waals surface area (Å²) in [5.74, 6) is -1.89. The number of carbonyl (C=O) groups is 1. The minimum Gasteiger partial charge on any atom is -0.378 e. The third-order valence-corrected chi connectivity index (χ3v) is 9.78. The fourth-order valence-electron chi connectivity index (χ4n) is 7.49. The first-order valence-corrected chi connectivity index (χ1v) is 17.0. The SMILES string of the molecule is CNc1nn(C)c2c(-c3ccc(C#CC(C)(C)O)nc3[C@H](Cc3cc(F)cc(F)c3)NC(=O)Cn3nc(C(F)F)c4c3C(F)(F)[C@@H]3CC[C@H]43)cccc12. The lowest BCUT2D eigenvalue weighted by Gasteiger charge is -2.34. The molecule has 2 aliphatic rings. The van der Waals surface area contributed by atoms with Crippen molar-refractivity contribution in [3.63, 3.8) is 0 Å². The van der Waals surface area contributed by atoms with E-state index in [-0.39, 0.29) is 35.4 Å². The number of benzene rings is 2. The van der Waals surface area contributed by atoms with E-state index in [2.05, 4.69) is 32.7 Å². The molecule has 1 fully saturated rings. The Morgan fingerprint density at radius 2 is 1.79 bits per heavy atom. The number of hydrogen-bond donors (Lipinski definition) is 3. The first kappa shape index (κ1) is 36.0. The monoisotopic (exact) mass is 735 g/mol. The van der Waals surface area contributed by atoms with Gasteiger partial charge >= 0.3 is 0 Å². The Balaban J connectivity index is 1.36. The Hall–Kier alpha value is -5.36. The molecule has 2 aromatic carbocycles.